The minimum absolute atomic E-state index is 0.430. The zero-order valence-corrected chi connectivity index (χ0v) is 9.56. The van der Waals surface area contributed by atoms with Crippen molar-refractivity contribution in [3.8, 4) is 0 Å². The molecule has 2 heterocycles. The average molecular weight is 219 g/mol. The molecule has 86 valence electrons. The summed E-state index contributed by atoms with van der Waals surface area (Å²) in [4.78, 5) is 2.38. The van der Waals surface area contributed by atoms with Crippen LogP contribution in [0.3, 0.4) is 0 Å². The second-order valence-electron chi connectivity index (χ2n) is 4.65. The van der Waals surface area contributed by atoms with Gasteiger partial charge in [0.25, 0.3) is 0 Å². The normalized spacial score (nSPS) is 26.6. The highest BCUT2D eigenvalue weighted by atomic mass is 16.6. The maximum absolute atomic E-state index is 5.31. The highest BCUT2D eigenvalue weighted by Crippen LogP contribution is 2.23. The van der Waals surface area contributed by atoms with Gasteiger partial charge in [0, 0.05) is 18.8 Å². The van der Waals surface area contributed by atoms with Crippen LogP contribution < -0.4 is 4.90 Å². The van der Waals surface area contributed by atoms with Crippen LogP contribution in [0.15, 0.2) is 24.3 Å². The number of hydrogen-bond acceptors (Lipinski definition) is 3. The predicted octanol–water partition coefficient (Wildman–Crippen LogP) is 1.60. The third-order valence-corrected chi connectivity index (χ3v) is 3.02. The molecule has 0 aromatic heterocycles. The molecule has 0 aliphatic carbocycles. The molecule has 3 rings (SSSR count). The van der Waals surface area contributed by atoms with E-state index < -0.39 is 0 Å². The van der Waals surface area contributed by atoms with E-state index in [4.69, 9.17) is 9.47 Å². The van der Waals surface area contributed by atoms with Gasteiger partial charge in [0.1, 0.15) is 0 Å². The second-order valence-corrected chi connectivity index (χ2v) is 4.65. The lowest BCUT2D eigenvalue weighted by Gasteiger charge is -2.23. The van der Waals surface area contributed by atoms with Crippen molar-refractivity contribution in [1.82, 2.24) is 0 Å². The Balaban J connectivity index is 1.73. The molecule has 3 nitrogen and oxygen atoms in total. The summed E-state index contributed by atoms with van der Waals surface area (Å²) in [6, 6.07) is 8.63. The van der Waals surface area contributed by atoms with Crippen molar-refractivity contribution in [3.05, 3.63) is 29.8 Å². The SMILES string of the molecule is Cc1cccc(N(CC2CO2)CC2CO2)c1. The fraction of sp³-hybridized carbons (Fsp3) is 0.538. The molecule has 1 aromatic carbocycles. The molecule has 2 atom stereocenters. The number of rotatable bonds is 5. The minimum atomic E-state index is 0.430. The van der Waals surface area contributed by atoms with Crippen molar-refractivity contribution in [3.63, 3.8) is 0 Å². The van der Waals surface area contributed by atoms with Crippen molar-refractivity contribution in [2.75, 3.05) is 31.2 Å². The number of ether oxygens (including phenoxy) is 2. The van der Waals surface area contributed by atoms with Crippen molar-refractivity contribution in [1.29, 1.82) is 0 Å². The van der Waals surface area contributed by atoms with Gasteiger partial charge in [0.05, 0.1) is 25.4 Å². The molecule has 0 N–H and O–H groups in total. The molecule has 1 aromatic rings. The van der Waals surface area contributed by atoms with Gasteiger partial charge in [-0.2, -0.15) is 0 Å². The Morgan fingerprint density at radius 1 is 1.19 bits per heavy atom. The lowest BCUT2D eigenvalue weighted by atomic mass is 10.2. The molecular weight excluding hydrogens is 202 g/mol. The van der Waals surface area contributed by atoms with E-state index in [0.717, 1.165) is 26.3 Å². The Morgan fingerprint density at radius 3 is 2.31 bits per heavy atom. The Morgan fingerprint density at radius 2 is 1.81 bits per heavy atom. The highest BCUT2D eigenvalue weighted by molar-refractivity contribution is 5.49. The molecule has 2 unspecified atom stereocenters. The summed E-state index contributed by atoms with van der Waals surface area (Å²) in [7, 11) is 0. The molecule has 2 saturated heterocycles. The van der Waals surface area contributed by atoms with E-state index >= 15 is 0 Å². The van der Waals surface area contributed by atoms with Crippen LogP contribution in [0.5, 0.6) is 0 Å². The standard InChI is InChI=1S/C13H17NO2/c1-10-3-2-4-11(5-10)14(6-12-8-15-12)7-13-9-16-13/h2-5,12-13H,6-9H2,1H3. The van der Waals surface area contributed by atoms with Gasteiger partial charge in [-0.25, -0.2) is 0 Å². The van der Waals surface area contributed by atoms with Crippen LogP contribution in [0.4, 0.5) is 5.69 Å². The van der Waals surface area contributed by atoms with Gasteiger partial charge in [0.2, 0.25) is 0 Å². The smallest absolute Gasteiger partial charge is 0.0984 e. The molecule has 0 saturated carbocycles. The van der Waals surface area contributed by atoms with Gasteiger partial charge < -0.3 is 14.4 Å². The van der Waals surface area contributed by atoms with Gasteiger partial charge in [-0.3, -0.25) is 0 Å². The molecule has 0 spiro atoms. The molecule has 2 aliphatic rings. The number of epoxide rings is 2. The van der Waals surface area contributed by atoms with Crippen molar-refractivity contribution >= 4 is 5.69 Å². The molecule has 0 bridgehead atoms. The van der Waals surface area contributed by atoms with E-state index in [1.54, 1.807) is 0 Å². The second kappa shape index (κ2) is 4.07. The Bertz CT molecular complexity index is 358. The van der Waals surface area contributed by atoms with Gasteiger partial charge in [0.15, 0.2) is 0 Å². The van der Waals surface area contributed by atoms with Gasteiger partial charge in [-0.15, -0.1) is 0 Å². The van der Waals surface area contributed by atoms with Crippen LogP contribution in [0.2, 0.25) is 0 Å². The lowest BCUT2D eigenvalue weighted by Crippen LogP contribution is -2.31. The first-order chi connectivity index (χ1) is 7.81. The summed E-state index contributed by atoms with van der Waals surface area (Å²) in [5, 5.41) is 0. The Kier molecular flexibility index (Phi) is 2.58. The van der Waals surface area contributed by atoms with E-state index in [9.17, 15) is 0 Å². The van der Waals surface area contributed by atoms with Crippen molar-refractivity contribution in [2.24, 2.45) is 0 Å². The summed E-state index contributed by atoms with van der Waals surface area (Å²) >= 11 is 0. The fourth-order valence-corrected chi connectivity index (χ4v) is 1.95. The highest BCUT2D eigenvalue weighted by Gasteiger charge is 2.30. The van der Waals surface area contributed by atoms with Crippen molar-refractivity contribution in [2.45, 2.75) is 19.1 Å². The van der Waals surface area contributed by atoms with Crippen LogP contribution in [-0.4, -0.2) is 38.5 Å². The first-order valence-electron chi connectivity index (χ1n) is 5.86. The summed E-state index contributed by atoms with van der Waals surface area (Å²) in [5.74, 6) is 0. The summed E-state index contributed by atoms with van der Waals surface area (Å²) in [5.41, 5.74) is 2.59. The molecular formula is C13H17NO2. The minimum Gasteiger partial charge on any atom is -0.371 e. The number of nitrogens with zero attached hydrogens (tertiary/aromatic N) is 1. The molecule has 0 radical (unpaired) electrons. The van der Waals surface area contributed by atoms with Gasteiger partial charge >= 0.3 is 0 Å². The zero-order chi connectivity index (χ0) is 11.0. The molecule has 3 heteroatoms. The van der Waals surface area contributed by atoms with E-state index in [1.807, 2.05) is 0 Å². The maximum atomic E-state index is 5.31. The monoisotopic (exact) mass is 219 g/mol. The van der Waals surface area contributed by atoms with Gasteiger partial charge in [-0.05, 0) is 24.6 Å². The first kappa shape index (κ1) is 10.1. The van der Waals surface area contributed by atoms with E-state index in [1.165, 1.54) is 11.3 Å². The third kappa shape index (κ3) is 2.54. The Hall–Kier alpha value is -1.06. The first-order valence-corrected chi connectivity index (χ1v) is 5.86. The van der Waals surface area contributed by atoms with Crippen LogP contribution in [0.25, 0.3) is 0 Å². The van der Waals surface area contributed by atoms with Crippen LogP contribution in [0.1, 0.15) is 5.56 Å². The Labute approximate surface area is 96.0 Å². The average Bonchev–Trinajstić information content (AvgIpc) is 3.11. The number of hydrogen-bond donors (Lipinski definition) is 0. The number of anilines is 1. The molecule has 2 aliphatic heterocycles. The zero-order valence-electron chi connectivity index (χ0n) is 9.56. The van der Waals surface area contributed by atoms with E-state index in [0.29, 0.717) is 12.2 Å². The summed E-state index contributed by atoms with van der Waals surface area (Å²) < 4.78 is 10.6. The van der Waals surface area contributed by atoms with E-state index in [-0.39, 0.29) is 0 Å². The van der Waals surface area contributed by atoms with Crippen LogP contribution in [0, 0.1) is 6.92 Å². The lowest BCUT2D eigenvalue weighted by molar-refractivity contribution is 0.389. The number of aryl methyl sites for hydroxylation is 1. The summed E-state index contributed by atoms with van der Waals surface area (Å²) in [6.07, 6.45) is 0.860. The quantitative estimate of drug-likeness (QED) is 0.704. The predicted molar refractivity (Wildman–Crippen MR) is 62.9 cm³/mol. The van der Waals surface area contributed by atoms with Crippen molar-refractivity contribution < 1.29 is 9.47 Å². The van der Waals surface area contributed by atoms with Crippen LogP contribution >= 0.6 is 0 Å². The number of benzene rings is 1. The van der Waals surface area contributed by atoms with Gasteiger partial charge in [-0.1, -0.05) is 12.1 Å². The molecule has 2 fully saturated rings. The largest absolute Gasteiger partial charge is 0.371 e. The fourth-order valence-electron chi connectivity index (χ4n) is 1.95. The van der Waals surface area contributed by atoms with E-state index in [2.05, 4.69) is 36.1 Å². The molecule has 0 amide bonds. The third-order valence-electron chi connectivity index (χ3n) is 3.02. The molecule has 16 heavy (non-hydrogen) atoms. The van der Waals surface area contributed by atoms with Crippen LogP contribution in [-0.2, 0) is 9.47 Å². The summed E-state index contributed by atoms with van der Waals surface area (Å²) in [6.45, 7) is 5.93. The maximum Gasteiger partial charge on any atom is 0.0984 e. The topological polar surface area (TPSA) is 28.3 Å².